The van der Waals surface area contributed by atoms with E-state index >= 15 is 0 Å². The van der Waals surface area contributed by atoms with Crippen LogP contribution in [0.2, 0.25) is 5.02 Å². The molecule has 5 rings (SSSR count). The summed E-state index contributed by atoms with van der Waals surface area (Å²) < 4.78 is 7.20. The number of aromatic nitrogens is 4. The van der Waals surface area contributed by atoms with Crippen LogP contribution in [0.5, 0.6) is 5.75 Å². The number of fused-ring (bicyclic) bond motifs is 1. The van der Waals surface area contributed by atoms with Gasteiger partial charge in [0.05, 0.1) is 29.4 Å². The maximum Gasteiger partial charge on any atom is 0.231 e. The minimum absolute atomic E-state index is 0.437. The van der Waals surface area contributed by atoms with Crippen LogP contribution in [0.1, 0.15) is 5.69 Å². The number of thiazole rings is 1. The summed E-state index contributed by atoms with van der Waals surface area (Å²) in [6.45, 7) is 1.99. The van der Waals surface area contributed by atoms with Crippen LogP contribution in [0.4, 0.5) is 11.1 Å². The molecule has 0 atom stereocenters. The highest BCUT2D eigenvalue weighted by atomic mass is 35.5. The molecule has 0 saturated heterocycles. The fraction of sp³-hybridized carbons (Fsp3) is 0.0870. The summed E-state index contributed by atoms with van der Waals surface area (Å²) in [6.07, 6.45) is 3.56. The predicted octanol–water partition coefficient (Wildman–Crippen LogP) is 6.26. The van der Waals surface area contributed by atoms with Crippen molar-refractivity contribution in [1.29, 1.82) is 0 Å². The molecule has 31 heavy (non-hydrogen) atoms. The van der Waals surface area contributed by atoms with Gasteiger partial charge in [-0.2, -0.15) is 4.98 Å². The van der Waals surface area contributed by atoms with Crippen LogP contribution in [0.3, 0.4) is 0 Å². The molecule has 1 N–H and O–H groups in total. The predicted molar refractivity (Wildman–Crippen MR) is 126 cm³/mol. The Hall–Kier alpha value is -3.42. The van der Waals surface area contributed by atoms with E-state index in [1.54, 1.807) is 24.6 Å². The number of para-hydroxylation sites is 1. The molecule has 0 aliphatic rings. The molecule has 0 radical (unpaired) electrons. The molecule has 8 heteroatoms. The maximum atomic E-state index is 6.43. The van der Waals surface area contributed by atoms with E-state index in [0.29, 0.717) is 21.9 Å². The number of nitrogens with one attached hydrogen (secondary N) is 1. The molecule has 3 aromatic heterocycles. The third kappa shape index (κ3) is 3.73. The Labute approximate surface area is 188 Å². The topological polar surface area (TPSA) is 64.9 Å². The minimum atomic E-state index is 0.437. The molecule has 5 aromatic rings. The van der Waals surface area contributed by atoms with Crippen molar-refractivity contribution in [3.05, 3.63) is 77.7 Å². The Balaban J connectivity index is 1.46. The number of methoxy groups -OCH3 is 1. The van der Waals surface area contributed by atoms with E-state index < -0.39 is 0 Å². The Morgan fingerprint density at radius 2 is 1.84 bits per heavy atom. The van der Waals surface area contributed by atoms with E-state index in [1.165, 1.54) is 0 Å². The van der Waals surface area contributed by atoms with Gasteiger partial charge in [-0.25, -0.2) is 9.97 Å². The van der Waals surface area contributed by atoms with Gasteiger partial charge in [0.15, 0.2) is 10.9 Å². The Morgan fingerprint density at radius 3 is 2.65 bits per heavy atom. The number of rotatable bonds is 5. The first-order valence-corrected chi connectivity index (χ1v) is 10.8. The molecule has 0 amide bonds. The third-order valence-corrected chi connectivity index (χ3v) is 6.31. The molecule has 0 aliphatic carbocycles. The molecule has 0 bridgehead atoms. The van der Waals surface area contributed by atoms with Gasteiger partial charge in [-0.15, -0.1) is 0 Å². The summed E-state index contributed by atoms with van der Waals surface area (Å²) in [5.41, 5.74) is 3.05. The summed E-state index contributed by atoms with van der Waals surface area (Å²) in [5, 5.41) is 5.53. The van der Waals surface area contributed by atoms with E-state index in [-0.39, 0.29) is 0 Å². The van der Waals surface area contributed by atoms with Gasteiger partial charge < -0.3 is 4.74 Å². The Morgan fingerprint density at radius 1 is 1.03 bits per heavy atom. The van der Waals surface area contributed by atoms with Gasteiger partial charge in [0.1, 0.15) is 10.8 Å². The van der Waals surface area contributed by atoms with Crippen molar-refractivity contribution in [3.63, 3.8) is 0 Å². The van der Waals surface area contributed by atoms with Crippen LogP contribution < -0.4 is 10.1 Å². The van der Waals surface area contributed by atoms with Crippen LogP contribution >= 0.6 is 22.9 Å². The van der Waals surface area contributed by atoms with Gasteiger partial charge in [0.2, 0.25) is 5.95 Å². The largest absolute Gasteiger partial charge is 0.497 e. The van der Waals surface area contributed by atoms with Gasteiger partial charge in [-0.3, -0.25) is 9.88 Å². The standard InChI is InChI=1S/C23H18ClN5OS/c1-14-20(16-7-9-17(30-2)10-8-16)31-23(26-14)28-22-25-13-18(24)21(27-22)29-12-11-15-5-3-4-6-19(15)29/h3-13H,1-2H3,(H,25,26,27,28). The molecular formula is C23H18ClN5OS. The lowest BCUT2D eigenvalue weighted by Crippen LogP contribution is -2.03. The molecule has 2 aromatic carbocycles. The minimum Gasteiger partial charge on any atom is -0.497 e. The van der Waals surface area contributed by atoms with Gasteiger partial charge in [-0.1, -0.05) is 41.1 Å². The number of anilines is 2. The lowest BCUT2D eigenvalue weighted by atomic mass is 10.1. The zero-order valence-corrected chi connectivity index (χ0v) is 18.4. The number of hydrogen-bond acceptors (Lipinski definition) is 6. The van der Waals surface area contributed by atoms with E-state index in [0.717, 1.165) is 32.8 Å². The first kappa shape index (κ1) is 19.5. The second-order valence-corrected chi connectivity index (χ2v) is 8.30. The summed E-state index contributed by atoms with van der Waals surface area (Å²) in [5.74, 6) is 1.88. The fourth-order valence-electron chi connectivity index (χ4n) is 3.41. The molecule has 0 spiro atoms. The average molecular weight is 448 g/mol. The first-order valence-electron chi connectivity index (χ1n) is 9.60. The second kappa shape index (κ2) is 8.02. The quantitative estimate of drug-likeness (QED) is 0.344. The average Bonchev–Trinajstić information content (AvgIpc) is 3.38. The van der Waals surface area contributed by atoms with Crippen LogP contribution in [-0.4, -0.2) is 26.6 Å². The highest BCUT2D eigenvalue weighted by molar-refractivity contribution is 7.19. The van der Waals surface area contributed by atoms with Crippen LogP contribution in [0.15, 0.2) is 67.0 Å². The van der Waals surface area contributed by atoms with Crippen LogP contribution in [0, 0.1) is 6.92 Å². The summed E-state index contributed by atoms with van der Waals surface area (Å²) >= 11 is 7.98. The molecular weight excluding hydrogens is 430 g/mol. The van der Waals surface area contributed by atoms with Crippen molar-refractivity contribution in [2.24, 2.45) is 0 Å². The zero-order chi connectivity index (χ0) is 21.4. The smallest absolute Gasteiger partial charge is 0.231 e. The number of aryl methyl sites for hydroxylation is 1. The Kier molecular flexibility index (Phi) is 5.05. The van der Waals surface area contributed by atoms with Gasteiger partial charge in [0, 0.05) is 6.20 Å². The molecule has 6 nitrogen and oxygen atoms in total. The van der Waals surface area contributed by atoms with E-state index in [2.05, 4.69) is 26.3 Å². The zero-order valence-electron chi connectivity index (χ0n) is 16.8. The number of benzene rings is 2. The second-order valence-electron chi connectivity index (χ2n) is 6.90. The lowest BCUT2D eigenvalue weighted by molar-refractivity contribution is 0.415. The molecule has 0 fully saturated rings. The monoisotopic (exact) mass is 447 g/mol. The van der Waals surface area contributed by atoms with Crippen molar-refractivity contribution >= 4 is 44.9 Å². The molecule has 154 valence electrons. The highest BCUT2D eigenvalue weighted by Gasteiger charge is 2.14. The Bertz CT molecular complexity index is 1380. The normalized spacial score (nSPS) is 11.1. The summed E-state index contributed by atoms with van der Waals surface area (Å²) in [7, 11) is 1.66. The molecule has 0 saturated carbocycles. The number of halogens is 1. The van der Waals surface area contributed by atoms with Crippen molar-refractivity contribution in [3.8, 4) is 22.0 Å². The van der Waals surface area contributed by atoms with E-state index in [1.807, 2.05) is 66.2 Å². The molecule has 0 aliphatic heterocycles. The third-order valence-electron chi connectivity index (χ3n) is 4.92. The van der Waals surface area contributed by atoms with Crippen LogP contribution in [0.25, 0.3) is 27.2 Å². The summed E-state index contributed by atoms with van der Waals surface area (Å²) in [6, 6.07) is 18.1. The van der Waals surface area contributed by atoms with E-state index in [4.69, 9.17) is 16.3 Å². The van der Waals surface area contributed by atoms with Crippen molar-refractivity contribution in [2.45, 2.75) is 6.92 Å². The highest BCUT2D eigenvalue weighted by Crippen LogP contribution is 2.35. The van der Waals surface area contributed by atoms with Crippen LogP contribution in [-0.2, 0) is 0 Å². The first-order chi connectivity index (χ1) is 15.1. The van der Waals surface area contributed by atoms with Crippen molar-refractivity contribution < 1.29 is 4.74 Å². The van der Waals surface area contributed by atoms with E-state index in [9.17, 15) is 0 Å². The van der Waals surface area contributed by atoms with Gasteiger partial charge in [0.25, 0.3) is 0 Å². The van der Waals surface area contributed by atoms with Gasteiger partial charge >= 0.3 is 0 Å². The summed E-state index contributed by atoms with van der Waals surface area (Å²) in [4.78, 5) is 14.7. The number of nitrogens with zero attached hydrogens (tertiary/aromatic N) is 4. The molecule has 0 unspecified atom stereocenters. The SMILES string of the molecule is COc1ccc(-c2sc(Nc3ncc(Cl)c(-n4ccc5ccccc54)n3)nc2C)cc1. The number of ether oxygens (including phenoxy) is 1. The van der Waals surface area contributed by atoms with Crippen molar-refractivity contribution in [2.75, 3.05) is 12.4 Å². The fourth-order valence-corrected chi connectivity index (χ4v) is 4.56. The van der Waals surface area contributed by atoms with Crippen molar-refractivity contribution in [1.82, 2.24) is 19.5 Å². The lowest BCUT2D eigenvalue weighted by Gasteiger charge is -2.09. The van der Waals surface area contributed by atoms with Gasteiger partial charge in [-0.05, 0) is 54.3 Å². The molecule has 3 heterocycles. The maximum absolute atomic E-state index is 6.43. The number of hydrogen-bond donors (Lipinski definition) is 1.